The summed E-state index contributed by atoms with van der Waals surface area (Å²) in [5, 5.41) is 8.77. The predicted octanol–water partition coefficient (Wildman–Crippen LogP) is 1.23. The zero-order valence-corrected chi connectivity index (χ0v) is 13.2. The molecule has 1 amide bonds. The van der Waals surface area contributed by atoms with Gasteiger partial charge >= 0.3 is 5.97 Å². The van der Waals surface area contributed by atoms with Crippen LogP contribution >= 0.6 is 22.6 Å². The van der Waals surface area contributed by atoms with Gasteiger partial charge in [-0.3, -0.25) is 9.59 Å². The fraction of sp³-hybridized carbons (Fsp3) is 0.385. The number of carboxylic acids is 1. The summed E-state index contributed by atoms with van der Waals surface area (Å²) in [5.41, 5.74) is 0. The highest BCUT2D eigenvalue weighted by Gasteiger charge is 2.17. The minimum absolute atomic E-state index is 0.197. The lowest BCUT2D eigenvalue weighted by molar-refractivity contribution is -0.145. The van der Waals surface area contributed by atoms with Crippen LogP contribution < -0.4 is 4.74 Å². The summed E-state index contributed by atoms with van der Waals surface area (Å²) in [7, 11) is 1.49. The van der Waals surface area contributed by atoms with Gasteiger partial charge in [0.1, 0.15) is 12.3 Å². The van der Waals surface area contributed by atoms with Crippen molar-refractivity contribution < 1.29 is 24.2 Å². The average molecular weight is 393 g/mol. The molecule has 0 saturated carbocycles. The molecule has 110 valence electrons. The molecule has 0 radical (unpaired) electrons. The third kappa shape index (κ3) is 6.20. The van der Waals surface area contributed by atoms with Crippen LogP contribution in [-0.2, 0) is 14.3 Å². The zero-order chi connectivity index (χ0) is 15.0. The fourth-order valence-electron chi connectivity index (χ4n) is 1.42. The Morgan fingerprint density at radius 2 is 1.95 bits per heavy atom. The molecule has 0 fully saturated rings. The number of benzene rings is 1. The molecule has 20 heavy (non-hydrogen) atoms. The van der Waals surface area contributed by atoms with Gasteiger partial charge in [-0.15, -0.1) is 0 Å². The minimum atomic E-state index is -1.07. The van der Waals surface area contributed by atoms with Crippen LogP contribution in [0, 0.1) is 3.57 Å². The fourth-order valence-corrected chi connectivity index (χ4v) is 1.78. The van der Waals surface area contributed by atoms with Gasteiger partial charge < -0.3 is 19.5 Å². The number of ether oxygens (including phenoxy) is 2. The molecule has 6 nitrogen and oxygen atoms in total. The second-order valence-electron chi connectivity index (χ2n) is 3.94. The van der Waals surface area contributed by atoms with Gasteiger partial charge in [0, 0.05) is 17.2 Å². The summed E-state index contributed by atoms with van der Waals surface area (Å²) in [6.07, 6.45) is 0. The molecule has 0 aromatic heterocycles. The SMILES string of the molecule is COCCN(CC(=O)O)C(=O)COc1ccc(I)cc1. The molecule has 7 heteroatoms. The summed E-state index contributed by atoms with van der Waals surface area (Å²) >= 11 is 2.17. The van der Waals surface area contributed by atoms with E-state index in [2.05, 4.69) is 22.6 Å². The van der Waals surface area contributed by atoms with E-state index in [0.29, 0.717) is 5.75 Å². The highest BCUT2D eigenvalue weighted by molar-refractivity contribution is 14.1. The average Bonchev–Trinajstić information content (AvgIpc) is 2.42. The van der Waals surface area contributed by atoms with Gasteiger partial charge in [-0.05, 0) is 46.9 Å². The van der Waals surface area contributed by atoms with Crippen LogP contribution in [0.5, 0.6) is 5.75 Å². The number of methoxy groups -OCH3 is 1. The molecule has 0 aliphatic heterocycles. The van der Waals surface area contributed by atoms with Crippen molar-refractivity contribution in [2.75, 3.05) is 33.4 Å². The molecule has 1 N–H and O–H groups in total. The van der Waals surface area contributed by atoms with Crippen molar-refractivity contribution in [2.45, 2.75) is 0 Å². The number of aliphatic carboxylic acids is 1. The monoisotopic (exact) mass is 393 g/mol. The van der Waals surface area contributed by atoms with Crippen LogP contribution in [0.15, 0.2) is 24.3 Å². The molecule has 1 rings (SSSR count). The van der Waals surface area contributed by atoms with Gasteiger partial charge in [0.25, 0.3) is 5.91 Å². The number of rotatable bonds is 8. The standard InChI is InChI=1S/C13H16INO5/c1-19-7-6-15(8-13(17)18)12(16)9-20-11-4-2-10(14)3-5-11/h2-5H,6-9H2,1H3,(H,17,18). The lowest BCUT2D eigenvalue weighted by atomic mass is 10.3. The lowest BCUT2D eigenvalue weighted by Gasteiger charge is -2.20. The van der Waals surface area contributed by atoms with E-state index in [-0.39, 0.29) is 32.2 Å². The number of carbonyl (C=O) groups excluding carboxylic acids is 1. The van der Waals surface area contributed by atoms with Crippen molar-refractivity contribution in [2.24, 2.45) is 0 Å². The summed E-state index contributed by atoms with van der Waals surface area (Å²) in [5.74, 6) is -0.882. The first-order valence-electron chi connectivity index (χ1n) is 5.90. The molecule has 0 spiro atoms. The van der Waals surface area contributed by atoms with E-state index in [0.717, 1.165) is 3.57 Å². The van der Waals surface area contributed by atoms with Gasteiger partial charge in [0.05, 0.1) is 6.61 Å². The number of carbonyl (C=O) groups is 2. The maximum Gasteiger partial charge on any atom is 0.323 e. The normalized spacial score (nSPS) is 10.1. The van der Waals surface area contributed by atoms with Crippen LogP contribution in [0.25, 0.3) is 0 Å². The van der Waals surface area contributed by atoms with E-state index in [1.54, 1.807) is 12.1 Å². The Labute approximate surface area is 130 Å². The molecule has 0 aliphatic rings. The Morgan fingerprint density at radius 3 is 2.50 bits per heavy atom. The third-order valence-electron chi connectivity index (χ3n) is 2.42. The van der Waals surface area contributed by atoms with E-state index >= 15 is 0 Å². The number of halogens is 1. The van der Waals surface area contributed by atoms with Gasteiger partial charge in [-0.25, -0.2) is 0 Å². The Kier molecular flexibility index (Phi) is 7.31. The highest BCUT2D eigenvalue weighted by atomic mass is 127. The van der Waals surface area contributed by atoms with Gasteiger partial charge in [-0.2, -0.15) is 0 Å². The smallest absolute Gasteiger partial charge is 0.323 e. The number of carboxylic acid groups (broad SMARTS) is 1. The number of hydrogen-bond acceptors (Lipinski definition) is 4. The first-order valence-corrected chi connectivity index (χ1v) is 6.97. The van der Waals surface area contributed by atoms with Crippen molar-refractivity contribution >= 4 is 34.5 Å². The molecular weight excluding hydrogens is 377 g/mol. The maximum absolute atomic E-state index is 11.9. The zero-order valence-electron chi connectivity index (χ0n) is 11.0. The van der Waals surface area contributed by atoms with Crippen molar-refractivity contribution in [1.29, 1.82) is 0 Å². The van der Waals surface area contributed by atoms with E-state index in [1.807, 2.05) is 12.1 Å². The second kappa shape index (κ2) is 8.75. The third-order valence-corrected chi connectivity index (χ3v) is 3.14. The van der Waals surface area contributed by atoms with Crippen LogP contribution in [0.2, 0.25) is 0 Å². The Balaban J connectivity index is 2.51. The quantitative estimate of drug-likeness (QED) is 0.673. The molecule has 0 unspecified atom stereocenters. The number of nitrogens with zero attached hydrogens (tertiary/aromatic N) is 1. The largest absolute Gasteiger partial charge is 0.484 e. The number of amides is 1. The second-order valence-corrected chi connectivity index (χ2v) is 5.19. The molecule has 0 saturated heterocycles. The topological polar surface area (TPSA) is 76.1 Å². The van der Waals surface area contributed by atoms with E-state index in [9.17, 15) is 9.59 Å². The van der Waals surface area contributed by atoms with Crippen LogP contribution in [-0.4, -0.2) is 55.3 Å². The molecular formula is C13H16INO5. The van der Waals surface area contributed by atoms with Crippen LogP contribution in [0.1, 0.15) is 0 Å². The first-order chi connectivity index (χ1) is 9.52. The van der Waals surface area contributed by atoms with Gasteiger partial charge in [0.15, 0.2) is 6.61 Å². The van der Waals surface area contributed by atoms with Gasteiger partial charge in [0.2, 0.25) is 0 Å². The van der Waals surface area contributed by atoms with Crippen LogP contribution in [0.4, 0.5) is 0 Å². The van der Waals surface area contributed by atoms with E-state index < -0.39 is 5.97 Å². The Bertz CT molecular complexity index is 449. The molecule has 0 bridgehead atoms. The minimum Gasteiger partial charge on any atom is -0.484 e. The predicted molar refractivity (Wildman–Crippen MR) is 80.7 cm³/mol. The summed E-state index contributed by atoms with van der Waals surface area (Å²) < 4.78 is 11.3. The molecule has 1 aromatic rings. The van der Waals surface area contributed by atoms with Crippen LogP contribution in [0.3, 0.4) is 0 Å². The van der Waals surface area contributed by atoms with Crippen molar-refractivity contribution in [3.63, 3.8) is 0 Å². The summed E-state index contributed by atoms with van der Waals surface area (Å²) in [6, 6.07) is 7.23. The molecule has 0 heterocycles. The van der Waals surface area contributed by atoms with Gasteiger partial charge in [-0.1, -0.05) is 0 Å². The number of hydrogen-bond donors (Lipinski definition) is 1. The lowest BCUT2D eigenvalue weighted by Crippen LogP contribution is -2.40. The molecule has 0 aliphatic carbocycles. The van der Waals surface area contributed by atoms with E-state index in [4.69, 9.17) is 14.6 Å². The molecule has 1 aromatic carbocycles. The Hall–Kier alpha value is -1.35. The maximum atomic E-state index is 11.9. The highest BCUT2D eigenvalue weighted by Crippen LogP contribution is 2.13. The van der Waals surface area contributed by atoms with Crippen molar-refractivity contribution in [3.05, 3.63) is 27.8 Å². The molecule has 0 atom stereocenters. The Morgan fingerprint density at radius 1 is 1.30 bits per heavy atom. The summed E-state index contributed by atoms with van der Waals surface area (Å²) in [4.78, 5) is 23.8. The first kappa shape index (κ1) is 16.7. The van der Waals surface area contributed by atoms with Crippen molar-refractivity contribution in [1.82, 2.24) is 4.90 Å². The van der Waals surface area contributed by atoms with E-state index in [1.165, 1.54) is 12.0 Å². The van der Waals surface area contributed by atoms with Crippen molar-refractivity contribution in [3.8, 4) is 5.75 Å². The summed E-state index contributed by atoms with van der Waals surface area (Å²) in [6.45, 7) is -0.0595.